The lowest BCUT2D eigenvalue weighted by Gasteiger charge is -2.23. The number of rotatable bonds is 7. The second-order valence-electron chi connectivity index (χ2n) is 7.39. The average molecular weight is 411 g/mol. The normalized spacial score (nSPS) is 11.4. The fourth-order valence-electron chi connectivity index (χ4n) is 3.45. The summed E-state index contributed by atoms with van der Waals surface area (Å²) in [7, 11) is -3.43. The Morgan fingerprint density at radius 2 is 1.59 bits per heavy atom. The first kappa shape index (κ1) is 20.9. The highest BCUT2D eigenvalue weighted by atomic mass is 32.2. The molecule has 0 unspecified atom stereocenters. The van der Waals surface area contributed by atoms with Crippen LogP contribution in [0.1, 0.15) is 24.0 Å². The molecule has 5 nitrogen and oxygen atoms in total. The van der Waals surface area contributed by atoms with Crippen molar-refractivity contribution in [3.63, 3.8) is 0 Å². The van der Waals surface area contributed by atoms with Crippen LogP contribution < -0.4 is 9.62 Å². The molecule has 0 atom stereocenters. The van der Waals surface area contributed by atoms with E-state index < -0.39 is 10.0 Å². The largest absolute Gasteiger partial charge is 0.326 e. The SMILES string of the molecule is Cc1cc(C)cc(N(CCCC(=O)Nc2ccc3ccccc3c2)S(C)(=O)=O)c1. The molecule has 0 saturated heterocycles. The van der Waals surface area contributed by atoms with Gasteiger partial charge in [-0.05, 0) is 66.4 Å². The zero-order valence-corrected chi connectivity index (χ0v) is 17.8. The van der Waals surface area contributed by atoms with Crippen molar-refractivity contribution in [2.24, 2.45) is 0 Å². The number of hydrogen-bond donors (Lipinski definition) is 1. The monoisotopic (exact) mass is 410 g/mol. The zero-order valence-electron chi connectivity index (χ0n) is 17.0. The van der Waals surface area contributed by atoms with Crippen LogP contribution in [0.15, 0.2) is 60.7 Å². The van der Waals surface area contributed by atoms with E-state index in [1.807, 2.05) is 74.5 Å². The van der Waals surface area contributed by atoms with Gasteiger partial charge < -0.3 is 5.32 Å². The van der Waals surface area contributed by atoms with Crippen LogP contribution in [0.3, 0.4) is 0 Å². The van der Waals surface area contributed by atoms with E-state index in [1.165, 1.54) is 10.6 Å². The van der Waals surface area contributed by atoms with E-state index in [4.69, 9.17) is 0 Å². The molecule has 6 heteroatoms. The van der Waals surface area contributed by atoms with Crippen LogP contribution >= 0.6 is 0 Å². The Bertz CT molecular complexity index is 1120. The summed E-state index contributed by atoms with van der Waals surface area (Å²) in [5.41, 5.74) is 3.38. The molecule has 29 heavy (non-hydrogen) atoms. The smallest absolute Gasteiger partial charge is 0.232 e. The number of carbonyl (C=O) groups is 1. The van der Waals surface area contributed by atoms with Gasteiger partial charge in [-0.1, -0.05) is 36.4 Å². The number of nitrogens with one attached hydrogen (secondary N) is 1. The van der Waals surface area contributed by atoms with Crippen LogP contribution in [0.4, 0.5) is 11.4 Å². The van der Waals surface area contributed by atoms with Crippen molar-refractivity contribution in [2.45, 2.75) is 26.7 Å². The Hall–Kier alpha value is -2.86. The molecule has 0 aliphatic carbocycles. The number of sulfonamides is 1. The third-order valence-electron chi connectivity index (χ3n) is 4.69. The zero-order chi connectivity index (χ0) is 21.0. The van der Waals surface area contributed by atoms with Crippen LogP contribution in [0.25, 0.3) is 10.8 Å². The van der Waals surface area contributed by atoms with E-state index in [9.17, 15) is 13.2 Å². The summed E-state index contributed by atoms with van der Waals surface area (Å²) in [5, 5.41) is 5.07. The van der Waals surface area contributed by atoms with Crippen molar-refractivity contribution in [3.8, 4) is 0 Å². The Morgan fingerprint density at radius 1 is 0.931 bits per heavy atom. The van der Waals surface area contributed by atoms with E-state index in [-0.39, 0.29) is 18.9 Å². The van der Waals surface area contributed by atoms with Crippen LogP contribution in [-0.4, -0.2) is 27.1 Å². The van der Waals surface area contributed by atoms with Gasteiger partial charge >= 0.3 is 0 Å². The summed E-state index contributed by atoms with van der Waals surface area (Å²) in [6.45, 7) is 4.13. The van der Waals surface area contributed by atoms with Crippen molar-refractivity contribution < 1.29 is 13.2 Å². The Morgan fingerprint density at radius 3 is 2.24 bits per heavy atom. The van der Waals surface area contributed by atoms with Gasteiger partial charge in [-0.15, -0.1) is 0 Å². The topological polar surface area (TPSA) is 66.5 Å². The fraction of sp³-hybridized carbons (Fsp3) is 0.261. The lowest BCUT2D eigenvalue weighted by molar-refractivity contribution is -0.116. The van der Waals surface area contributed by atoms with Crippen molar-refractivity contribution in [1.82, 2.24) is 0 Å². The number of nitrogens with zero attached hydrogens (tertiary/aromatic N) is 1. The van der Waals surface area contributed by atoms with E-state index in [0.29, 0.717) is 12.1 Å². The summed E-state index contributed by atoms with van der Waals surface area (Å²) >= 11 is 0. The molecule has 0 aliphatic heterocycles. The van der Waals surface area contributed by atoms with Gasteiger partial charge in [0, 0.05) is 18.7 Å². The second-order valence-corrected chi connectivity index (χ2v) is 9.30. The number of carbonyl (C=O) groups excluding carboxylic acids is 1. The van der Waals surface area contributed by atoms with Crippen molar-refractivity contribution >= 4 is 38.1 Å². The first-order valence-electron chi connectivity index (χ1n) is 9.57. The van der Waals surface area contributed by atoms with Gasteiger partial charge in [0.2, 0.25) is 15.9 Å². The predicted molar refractivity (Wildman–Crippen MR) is 120 cm³/mol. The summed E-state index contributed by atoms with van der Waals surface area (Å²) in [6, 6.07) is 19.4. The van der Waals surface area contributed by atoms with Crippen molar-refractivity contribution in [2.75, 3.05) is 22.4 Å². The summed E-state index contributed by atoms with van der Waals surface area (Å²) in [5.74, 6) is -0.130. The van der Waals surface area contributed by atoms with E-state index in [1.54, 1.807) is 0 Å². The van der Waals surface area contributed by atoms with Gasteiger partial charge in [0.1, 0.15) is 0 Å². The van der Waals surface area contributed by atoms with Crippen LogP contribution in [-0.2, 0) is 14.8 Å². The first-order valence-corrected chi connectivity index (χ1v) is 11.4. The summed E-state index contributed by atoms with van der Waals surface area (Å²) in [6.07, 6.45) is 1.86. The third-order valence-corrected chi connectivity index (χ3v) is 5.89. The number of hydrogen-bond acceptors (Lipinski definition) is 3. The molecule has 0 heterocycles. The molecule has 0 fully saturated rings. The molecule has 0 radical (unpaired) electrons. The minimum Gasteiger partial charge on any atom is -0.326 e. The summed E-state index contributed by atoms with van der Waals surface area (Å²) < 4.78 is 25.9. The van der Waals surface area contributed by atoms with Crippen LogP contribution in [0, 0.1) is 13.8 Å². The van der Waals surface area contributed by atoms with Crippen molar-refractivity contribution in [3.05, 3.63) is 71.8 Å². The maximum atomic E-state index is 12.3. The van der Waals surface area contributed by atoms with Gasteiger partial charge in [0.25, 0.3) is 0 Å². The average Bonchev–Trinajstić information content (AvgIpc) is 2.63. The maximum Gasteiger partial charge on any atom is 0.232 e. The molecule has 3 rings (SSSR count). The molecule has 0 aliphatic rings. The van der Waals surface area contributed by atoms with Gasteiger partial charge in [-0.3, -0.25) is 9.10 Å². The van der Waals surface area contributed by atoms with Crippen LogP contribution in [0.5, 0.6) is 0 Å². The Balaban J connectivity index is 1.63. The molecular formula is C23H26N2O3S. The van der Waals surface area contributed by atoms with Crippen LogP contribution in [0.2, 0.25) is 0 Å². The molecule has 1 amide bonds. The van der Waals surface area contributed by atoms with E-state index >= 15 is 0 Å². The lowest BCUT2D eigenvalue weighted by Crippen LogP contribution is -2.31. The fourth-order valence-corrected chi connectivity index (χ4v) is 4.40. The van der Waals surface area contributed by atoms with E-state index in [0.717, 1.165) is 27.6 Å². The molecular weight excluding hydrogens is 384 g/mol. The molecule has 0 aromatic heterocycles. The molecule has 152 valence electrons. The van der Waals surface area contributed by atoms with Crippen molar-refractivity contribution in [1.29, 1.82) is 0 Å². The number of fused-ring (bicyclic) bond motifs is 1. The van der Waals surface area contributed by atoms with Gasteiger partial charge in [0.05, 0.1) is 11.9 Å². The summed E-state index contributed by atoms with van der Waals surface area (Å²) in [4.78, 5) is 12.3. The Labute approximate surface area is 172 Å². The number of aryl methyl sites for hydroxylation is 2. The highest BCUT2D eigenvalue weighted by Crippen LogP contribution is 2.22. The Kier molecular flexibility index (Phi) is 6.23. The minimum atomic E-state index is -3.43. The standard InChI is InChI=1S/C23H26N2O3S/c1-17-13-18(2)15-22(14-17)25(29(3,27)28)12-6-9-23(26)24-21-11-10-19-7-4-5-8-20(19)16-21/h4-5,7-8,10-11,13-16H,6,9,12H2,1-3H3,(H,24,26). The molecule has 3 aromatic rings. The van der Waals surface area contributed by atoms with E-state index in [2.05, 4.69) is 5.32 Å². The van der Waals surface area contributed by atoms with Gasteiger partial charge in [0.15, 0.2) is 0 Å². The van der Waals surface area contributed by atoms with Gasteiger partial charge in [-0.2, -0.15) is 0 Å². The molecule has 1 N–H and O–H groups in total. The first-order chi connectivity index (χ1) is 13.7. The molecule has 0 spiro atoms. The quantitative estimate of drug-likeness (QED) is 0.617. The molecule has 3 aromatic carbocycles. The minimum absolute atomic E-state index is 0.130. The number of anilines is 2. The third kappa shape index (κ3) is 5.57. The maximum absolute atomic E-state index is 12.3. The number of amides is 1. The molecule has 0 saturated carbocycles. The highest BCUT2D eigenvalue weighted by Gasteiger charge is 2.18. The second kappa shape index (κ2) is 8.66. The predicted octanol–water partition coefficient (Wildman–Crippen LogP) is 4.64. The highest BCUT2D eigenvalue weighted by molar-refractivity contribution is 7.92. The molecule has 0 bridgehead atoms. The number of benzene rings is 3. The lowest BCUT2D eigenvalue weighted by atomic mass is 10.1. The van der Waals surface area contributed by atoms with Gasteiger partial charge in [-0.25, -0.2) is 8.42 Å².